The normalized spacial score (nSPS) is 12.5. The van der Waals surface area contributed by atoms with Gasteiger partial charge in [0.2, 0.25) is 0 Å². The van der Waals surface area contributed by atoms with Crippen LogP contribution in [0.1, 0.15) is 18.1 Å². The van der Waals surface area contributed by atoms with E-state index >= 15 is 0 Å². The highest BCUT2D eigenvalue weighted by Gasteiger charge is 2.05. The van der Waals surface area contributed by atoms with E-state index in [0.717, 1.165) is 25.1 Å². The zero-order chi connectivity index (χ0) is 12.6. The van der Waals surface area contributed by atoms with E-state index in [2.05, 4.69) is 10.4 Å². The molecule has 0 bridgehead atoms. The number of rotatable bonds is 7. The van der Waals surface area contributed by atoms with Gasteiger partial charge in [-0.05, 0) is 24.6 Å². The fourth-order valence-corrected chi connectivity index (χ4v) is 1.83. The maximum Gasteiger partial charge on any atom is 0.0914 e. The Kier molecular flexibility index (Phi) is 4.93. The number of nitrogens with zero attached hydrogens (tertiary/aromatic N) is 2. The second-order valence-corrected chi connectivity index (χ2v) is 4.25. The summed E-state index contributed by atoms with van der Waals surface area (Å²) in [6, 6.07) is 11.6. The number of aryl methyl sites for hydroxylation is 1. The van der Waals surface area contributed by atoms with Crippen molar-refractivity contribution in [3.8, 4) is 0 Å². The number of aliphatic hydroxyl groups excluding tert-OH is 1. The fraction of sp³-hybridized carbons (Fsp3) is 0.357. The molecule has 0 amide bonds. The van der Waals surface area contributed by atoms with Gasteiger partial charge >= 0.3 is 0 Å². The molecule has 1 unspecified atom stereocenters. The lowest BCUT2D eigenvalue weighted by Crippen LogP contribution is -2.23. The number of aromatic nitrogens is 2. The highest BCUT2D eigenvalue weighted by atomic mass is 16.3. The molecule has 0 fully saturated rings. The summed E-state index contributed by atoms with van der Waals surface area (Å²) in [6.07, 6.45) is 4.31. The van der Waals surface area contributed by atoms with Crippen LogP contribution < -0.4 is 5.32 Å². The summed E-state index contributed by atoms with van der Waals surface area (Å²) in [6.45, 7) is 2.37. The first-order valence-corrected chi connectivity index (χ1v) is 6.27. The molecule has 1 aromatic carbocycles. The second-order valence-electron chi connectivity index (χ2n) is 4.25. The molecule has 0 saturated heterocycles. The molecule has 0 radical (unpaired) electrons. The fourth-order valence-electron chi connectivity index (χ4n) is 1.83. The van der Waals surface area contributed by atoms with Gasteiger partial charge in [-0.1, -0.05) is 30.3 Å². The molecule has 0 aliphatic heterocycles. The van der Waals surface area contributed by atoms with Crippen LogP contribution in [-0.4, -0.2) is 28.0 Å². The predicted octanol–water partition coefficient (Wildman–Crippen LogP) is 1.60. The molecule has 0 aliphatic carbocycles. The van der Waals surface area contributed by atoms with Gasteiger partial charge in [-0.15, -0.1) is 0 Å². The molecule has 2 N–H and O–H groups in total. The molecule has 1 atom stereocenters. The van der Waals surface area contributed by atoms with Crippen LogP contribution in [0, 0.1) is 0 Å². The van der Waals surface area contributed by atoms with Gasteiger partial charge in [0.25, 0.3) is 0 Å². The number of aliphatic hydroxyl groups is 1. The molecule has 1 heterocycles. The van der Waals surface area contributed by atoms with Gasteiger partial charge in [-0.2, -0.15) is 5.10 Å². The molecule has 2 rings (SSSR count). The Morgan fingerprint density at radius 1 is 1.22 bits per heavy atom. The molecule has 4 heteroatoms. The smallest absolute Gasteiger partial charge is 0.0914 e. The molecule has 0 saturated carbocycles. The van der Waals surface area contributed by atoms with Crippen LogP contribution in [0.4, 0.5) is 0 Å². The molecule has 4 nitrogen and oxygen atoms in total. The quantitative estimate of drug-likeness (QED) is 0.728. The topological polar surface area (TPSA) is 50.1 Å². The summed E-state index contributed by atoms with van der Waals surface area (Å²) in [5.74, 6) is 0. The highest BCUT2D eigenvalue weighted by molar-refractivity contribution is 5.17. The summed E-state index contributed by atoms with van der Waals surface area (Å²) in [4.78, 5) is 0. The molecular weight excluding hydrogens is 226 g/mol. The van der Waals surface area contributed by atoms with Crippen LogP contribution in [0.5, 0.6) is 0 Å². The maximum atomic E-state index is 9.92. The Morgan fingerprint density at radius 2 is 2.06 bits per heavy atom. The van der Waals surface area contributed by atoms with Crippen LogP contribution in [0.2, 0.25) is 0 Å². The monoisotopic (exact) mass is 245 g/mol. The third kappa shape index (κ3) is 3.98. The Bertz CT molecular complexity index is 428. The van der Waals surface area contributed by atoms with Crippen molar-refractivity contribution >= 4 is 0 Å². The minimum Gasteiger partial charge on any atom is -0.387 e. The van der Waals surface area contributed by atoms with E-state index in [4.69, 9.17) is 0 Å². The Labute approximate surface area is 107 Å². The van der Waals surface area contributed by atoms with Gasteiger partial charge in [0.15, 0.2) is 0 Å². The summed E-state index contributed by atoms with van der Waals surface area (Å²) < 4.78 is 1.91. The molecule has 18 heavy (non-hydrogen) atoms. The van der Waals surface area contributed by atoms with Gasteiger partial charge in [-0.3, -0.25) is 4.68 Å². The summed E-state index contributed by atoms with van der Waals surface area (Å²) in [5, 5.41) is 17.3. The minimum atomic E-state index is -0.434. The van der Waals surface area contributed by atoms with Gasteiger partial charge in [0.1, 0.15) is 0 Å². The third-order valence-corrected chi connectivity index (χ3v) is 2.82. The summed E-state index contributed by atoms with van der Waals surface area (Å²) in [5.41, 5.74) is 0.956. The molecule has 96 valence electrons. The number of hydrogen-bond acceptors (Lipinski definition) is 3. The molecule has 0 aliphatic rings. The van der Waals surface area contributed by atoms with Crippen molar-refractivity contribution in [1.29, 1.82) is 0 Å². The standard InChI is InChI=1S/C14H19N3O/c18-14(13-6-2-1-3-7-13)12-15-8-4-10-17-11-5-9-16-17/h1-3,5-7,9,11,14-15,18H,4,8,10,12H2. The van der Waals surface area contributed by atoms with Crippen LogP contribution >= 0.6 is 0 Å². The minimum absolute atomic E-state index is 0.434. The largest absolute Gasteiger partial charge is 0.387 e. The molecule has 1 aromatic heterocycles. The van der Waals surface area contributed by atoms with Gasteiger partial charge < -0.3 is 10.4 Å². The van der Waals surface area contributed by atoms with E-state index in [0.29, 0.717) is 6.54 Å². The van der Waals surface area contributed by atoms with Gasteiger partial charge in [0, 0.05) is 25.5 Å². The van der Waals surface area contributed by atoms with Crippen molar-refractivity contribution in [2.24, 2.45) is 0 Å². The SMILES string of the molecule is OC(CNCCCn1cccn1)c1ccccc1. The van der Waals surface area contributed by atoms with Gasteiger partial charge in [-0.25, -0.2) is 0 Å². The highest BCUT2D eigenvalue weighted by Crippen LogP contribution is 2.10. The summed E-state index contributed by atoms with van der Waals surface area (Å²) >= 11 is 0. The van der Waals surface area contributed by atoms with Crippen molar-refractivity contribution in [3.05, 3.63) is 54.4 Å². The van der Waals surface area contributed by atoms with Crippen LogP contribution in [0.25, 0.3) is 0 Å². The van der Waals surface area contributed by atoms with Crippen LogP contribution in [-0.2, 0) is 6.54 Å². The Hall–Kier alpha value is -1.65. The molecule has 2 aromatic rings. The van der Waals surface area contributed by atoms with E-state index in [-0.39, 0.29) is 0 Å². The van der Waals surface area contributed by atoms with Crippen molar-refractivity contribution in [2.75, 3.05) is 13.1 Å². The average Bonchev–Trinajstić information content (AvgIpc) is 2.92. The predicted molar refractivity (Wildman–Crippen MR) is 71.1 cm³/mol. The number of nitrogens with one attached hydrogen (secondary N) is 1. The lowest BCUT2D eigenvalue weighted by molar-refractivity contribution is 0.174. The van der Waals surface area contributed by atoms with Crippen molar-refractivity contribution in [1.82, 2.24) is 15.1 Å². The Morgan fingerprint density at radius 3 is 2.78 bits per heavy atom. The first kappa shape index (κ1) is 12.8. The third-order valence-electron chi connectivity index (χ3n) is 2.82. The van der Waals surface area contributed by atoms with Crippen LogP contribution in [0.15, 0.2) is 48.8 Å². The van der Waals surface area contributed by atoms with E-state index in [1.807, 2.05) is 47.3 Å². The van der Waals surface area contributed by atoms with E-state index in [9.17, 15) is 5.11 Å². The summed E-state index contributed by atoms with van der Waals surface area (Å²) in [7, 11) is 0. The van der Waals surface area contributed by atoms with E-state index in [1.165, 1.54) is 0 Å². The Balaban J connectivity index is 1.61. The molecule has 0 spiro atoms. The molecular formula is C14H19N3O. The number of benzene rings is 1. The zero-order valence-electron chi connectivity index (χ0n) is 10.4. The van der Waals surface area contributed by atoms with Gasteiger partial charge in [0.05, 0.1) is 6.10 Å². The van der Waals surface area contributed by atoms with Crippen molar-refractivity contribution in [2.45, 2.75) is 19.1 Å². The lowest BCUT2D eigenvalue weighted by Gasteiger charge is -2.12. The van der Waals surface area contributed by atoms with E-state index in [1.54, 1.807) is 6.20 Å². The number of hydrogen-bond donors (Lipinski definition) is 2. The van der Waals surface area contributed by atoms with Crippen LogP contribution in [0.3, 0.4) is 0 Å². The van der Waals surface area contributed by atoms with Crippen molar-refractivity contribution < 1.29 is 5.11 Å². The lowest BCUT2D eigenvalue weighted by atomic mass is 10.1. The van der Waals surface area contributed by atoms with E-state index < -0.39 is 6.10 Å². The zero-order valence-corrected chi connectivity index (χ0v) is 10.4. The maximum absolute atomic E-state index is 9.92. The average molecular weight is 245 g/mol. The first-order valence-electron chi connectivity index (χ1n) is 6.27. The second kappa shape index (κ2) is 6.93. The first-order chi connectivity index (χ1) is 8.86. The van der Waals surface area contributed by atoms with Crippen molar-refractivity contribution in [3.63, 3.8) is 0 Å².